The number of imidazole rings is 1. The van der Waals surface area contributed by atoms with E-state index in [0.29, 0.717) is 17.0 Å². The zero-order valence-electron chi connectivity index (χ0n) is 9.11. The van der Waals surface area contributed by atoms with Gasteiger partial charge in [-0.2, -0.15) is 0 Å². The van der Waals surface area contributed by atoms with Crippen LogP contribution in [0.2, 0.25) is 0 Å². The van der Waals surface area contributed by atoms with Crippen LogP contribution in [-0.2, 0) is 0 Å². The standard InChI is InChI=1S/C12H9FN4/c1-7-2-3-10-12(15-7)17-11(16-10)8-4-9(13)6-14-5-8/h2-6H,1H3,(H,15,16,17). The van der Waals surface area contributed by atoms with E-state index < -0.39 is 0 Å². The number of hydrogen-bond acceptors (Lipinski definition) is 3. The Hall–Kier alpha value is -2.30. The molecule has 0 aliphatic carbocycles. The maximum atomic E-state index is 13.1. The van der Waals surface area contributed by atoms with E-state index in [1.165, 1.54) is 6.07 Å². The fourth-order valence-electron chi connectivity index (χ4n) is 1.67. The van der Waals surface area contributed by atoms with E-state index in [0.717, 1.165) is 17.4 Å². The number of rotatable bonds is 1. The molecule has 0 saturated carbocycles. The summed E-state index contributed by atoms with van der Waals surface area (Å²) in [5.74, 6) is 0.192. The minimum absolute atomic E-state index is 0.382. The Bertz CT molecular complexity index is 690. The number of halogens is 1. The van der Waals surface area contributed by atoms with Crippen LogP contribution in [0, 0.1) is 12.7 Å². The Kier molecular flexibility index (Phi) is 2.11. The SMILES string of the molecule is Cc1ccc2[nH]c(-c3cncc(F)c3)nc2n1. The second kappa shape index (κ2) is 3.62. The molecule has 0 saturated heterocycles. The molecule has 3 aromatic rings. The molecule has 0 fully saturated rings. The summed E-state index contributed by atoms with van der Waals surface area (Å²) in [5, 5.41) is 0. The molecular weight excluding hydrogens is 219 g/mol. The molecule has 3 rings (SSSR count). The summed E-state index contributed by atoms with van der Waals surface area (Å²) >= 11 is 0. The lowest BCUT2D eigenvalue weighted by Gasteiger charge is -1.94. The number of pyridine rings is 2. The Balaban J connectivity index is 2.18. The zero-order chi connectivity index (χ0) is 11.8. The molecule has 5 heteroatoms. The van der Waals surface area contributed by atoms with Crippen molar-refractivity contribution in [2.45, 2.75) is 6.92 Å². The predicted molar refractivity (Wildman–Crippen MR) is 61.8 cm³/mol. The van der Waals surface area contributed by atoms with Crippen molar-refractivity contribution in [1.82, 2.24) is 19.9 Å². The molecule has 3 aromatic heterocycles. The van der Waals surface area contributed by atoms with Crippen LogP contribution in [0.25, 0.3) is 22.6 Å². The van der Waals surface area contributed by atoms with Gasteiger partial charge in [-0.05, 0) is 25.1 Å². The number of hydrogen-bond donors (Lipinski definition) is 1. The van der Waals surface area contributed by atoms with E-state index in [1.807, 2.05) is 19.1 Å². The molecule has 17 heavy (non-hydrogen) atoms. The van der Waals surface area contributed by atoms with Crippen molar-refractivity contribution in [3.05, 3.63) is 42.1 Å². The molecule has 1 N–H and O–H groups in total. The van der Waals surface area contributed by atoms with Gasteiger partial charge in [0.15, 0.2) is 5.65 Å². The minimum Gasteiger partial charge on any atom is -0.337 e. The molecule has 0 spiro atoms. The van der Waals surface area contributed by atoms with Crippen LogP contribution in [0.4, 0.5) is 4.39 Å². The maximum Gasteiger partial charge on any atom is 0.178 e. The van der Waals surface area contributed by atoms with Gasteiger partial charge in [0, 0.05) is 17.5 Å². The van der Waals surface area contributed by atoms with Crippen LogP contribution in [0.5, 0.6) is 0 Å². The van der Waals surface area contributed by atoms with E-state index in [1.54, 1.807) is 6.20 Å². The highest BCUT2D eigenvalue weighted by Crippen LogP contribution is 2.19. The number of nitrogens with one attached hydrogen (secondary N) is 1. The summed E-state index contributed by atoms with van der Waals surface area (Å²) < 4.78 is 13.1. The fourth-order valence-corrected chi connectivity index (χ4v) is 1.67. The van der Waals surface area contributed by atoms with Gasteiger partial charge in [-0.3, -0.25) is 4.98 Å². The summed E-state index contributed by atoms with van der Waals surface area (Å²) in [6.45, 7) is 1.90. The molecule has 84 valence electrons. The van der Waals surface area contributed by atoms with Crippen LogP contribution in [0.15, 0.2) is 30.6 Å². The van der Waals surface area contributed by atoms with Crippen molar-refractivity contribution in [2.75, 3.05) is 0 Å². The quantitative estimate of drug-likeness (QED) is 0.696. The molecule has 0 aliphatic rings. The van der Waals surface area contributed by atoms with Crippen molar-refractivity contribution >= 4 is 11.2 Å². The number of aromatic nitrogens is 4. The monoisotopic (exact) mass is 228 g/mol. The summed E-state index contributed by atoms with van der Waals surface area (Å²) in [7, 11) is 0. The van der Waals surface area contributed by atoms with E-state index in [2.05, 4.69) is 19.9 Å². The van der Waals surface area contributed by atoms with Gasteiger partial charge in [0.2, 0.25) is 0 Å². The Morgan fingerprint density at radius 2 is 2.06 bits per heavy atom. The van der Waals surface area contributed by atoms with Gasteiger partial charge in [-0.25, -0.2) is 14.4 Å². The highest BCUT2D eigenvalue weighted by atomic mass is 19.1. The van der Waals surface area contributed by atoms with Gasteiger partial charge in [-0.15, -0.1) is 0 Å². The van der Waals surface area contributed by atoms with Crippen LogP contribution in [0.1, 0.15) is 5.69 Å². The third kappa shape index (κ3) is 1.75. The second-order valence-electron chi connectivity index (χ2n) is 3.80. The minimum atomic E-state index is -0.382. The zero-order valence-corrected chi connectivity index (χ0v) is 9.11. The third-order valence-corrected chi connectivity index (χ3v) is 2.46. The Labute approximate surface area is 96.6 Å². The maximum absolute atomic E-state index is 13.1. The smallest absolute Gasteiger partial charge is 0.178 e. The molecule has 0 amide bonds. The fraction of sp³-hybridized carbons (Fsp3) is 0.0833. The van der Waals surface area contributed by atoms with E-state index >= 15 is 0 Å². The first-order valence-corrected chi connectivity index (χ1v) is 5.17. The molecular formula is C12H9FN4. The largest absolute Gasteiger partial charge is 0.337 e. The van der Waals surface area contributed by atoms with Gasteiger partial charge in [-0.1, -0.05) is 0 Å². The van der Waals surface area contributed by atoms with Gasteiger partial charge in [0.1, 0.15) is 11.6 Å². The summed E-state index contributed by atoms with van der Waals surface area (Å²) in [6, 6.07) is 5.19. The second-order valence-corrected chi connectivity index (χ2v) is 3.80. The summed E-state index contributed by atoms with van der Waals surface area (Å²) in [4.78, 5) is 15.5. The lowest BCUT2D eigenvalue weighted by Crippen LogP contribution is -1.84. The van der Waals surface area contributed by atoms with Gasteiger partial charge < -0.3 is 4.98 Å². The molecule has 0 radical (unpaired) electrons. The molecule has 0 aromatic carbocycles. The van der Waals surface area contributed by atoms with Crippen molar-refractivity contribution < 1.29 is 4.39 Å². The van der Waals surface area contributed by atoms with Crippen molar-refractivity contribution in [3.8, 4) is 11.4 Å². The first kappa shape index (κ1) is 9.89. The number of aromatic amines is 1. The summed E-state index contributed by atoms with van der Waals surface area (Å²) in [5.41, 5.74) is 2.97. The number of nitrogens with zero attached hydrogens (tertiary/aromatic N) is 3. The van der Waals surface area contributed by atoms with Crippen molar-refractivity contribution in [3.63, 3.8) is 0 Å². The van der Waals surface area contributed by atoms with Crippen molar-refractivity contribution in [2.24, 2.45) is 0 Å². The van der Waals surface area contributed by atoms with Gasteiger partial charge >= 0.3 is 0 Å². The van der Waals surface area contributed by atoms with Gasteiger partial charge in [0.05, 0.1) is 11.7 Å². The highest BCUT2D eigenvalue weighted by molar-refractivity contribution is 5.75. The molecule has 0 aliphatic heterocycles. The molecule has 0 unspecified atom stereocenters. The molecule has 4 nitrogen and oxygen atoms in total. The van der Waals surface area contributed by atoms with Gasteiger partial charge in [0.25, 0.3) is 0 Å². The van der Waals surface area contributed by atoms with Crippen LogP contribution < -0.4 is 0 Å². The number of aryl methyl sites for hydroxylation is 1. The molecule has 0 atom stereocenters. The normalized spacial score (nSPS) is 10.9. The third-order valence-electron chi connectivity index (χ3n) is 2.46. The van der Waals surface area contributed by atoms with Crippen LogP contribution in [-0.4, -0.2) is 19.9 Å². The molecule has 0 bridgehead atoms. The molecule has 3 heterocycles. The Morgan fingerprint density at radius 1 is 1.18 bits per heavy atom. The Morgan fingerprint density at radius 3 is 2.88 bits per heavy atom. The van der Waals surface area contributed by atoms with E-state index in [4.69, 9.17) is 0 Å². The van der Waals surface area contributed by atoms with Crippen LogP contribution in [0.3, 0.4) is 0 Å². The lowest BCUT2D eigenvalue weighted by atomic mass is 10.3. The summed E-state index contributed by atoms with van der Waals surface area (Å²) in [6.07, 6.45) is 2.72. The topological polar surface area (TPSA) is 54.5 Å². The first-order chi connectivity index (χ1) is 8.22. The average molecular weight is 228 g/mol. The van der Waals surface area contributed by atoms with E-state index in [-0.39, 0.29) is 5.82 Å². The highest BCUT2D eigenvalue weighted by Gasteiger charge is 2.07. The van der Waals surface area contributed by atoms with Crippen molar-refractivity contribution in [1.29, 1.82) is 0 Å². The lowest BCUT2D eigenvalue weighted by molar-refractivity contribution is 0.622. The first-order valence-electron chi connectivity index (χ1n) is 5.17. The van der Waals surface area contributed by atoms with Crippen LogP contribution >= 0.6 is 0 Å². The number of fused-ring (bicyclic) bond motifs is 1. The van der Waals surface area contributed by atoms with E-state index in [9.17, 15) is 4.39 Å². The average Bonchev–Trinajstić information content (AvgIpc) is 2.72. The predicted octanol–water partition coefficient (Wildman–Crippen LogP) is 2.47. The number of H-pyrrole nitrogens is 1.